The number of carbonyl (C=O) groups is 1. The first kappa shape index (κ1) is 16.9. The molecule has 5 nitrogen and oxygen atoms in total. The SMILES string of the molecule is CCC(C)Oc1cc(C(=O)N(c2cccnc2)C(C)C)ccn1. The number of pyridine rings is 2. The molecule has 2 rings (SSSR count). The molecule has 0 saturated heterocycles. The molecule has 5 heteroatoms. The molecule has 2 aromatic rings. The molecule has 1 amide bonds. The standard InChI is InChI=1S/C18H23N3O2/c1-5-14(4)23-17-11-15(8-10-20-17)18(22)21(13(2)3)16-7-6-9-19-12-16/h6-14H,5H2,1-4H3. The predicted molar refractivity (Wildman–Crippen MR) is 90.8 cm³/mol. The molecular weight excluding hydrogens is 290 g/mol. The van der Waals surface area contributed by atoms with E-state index in [1.165, 1.54) is 0 Å². The van der Waals surface area contributed by atoms with E-state index in [4.69, 9.17) is 4.74 Å². The Bertz CT molecular complexity index is 644. The van der Waals surface area contributed by atoms with Crippen molar-refractivity contribution < 1.29 is 9.53 Å². The molecule has 122 valence electrons. The molecule has 2 aromatic heterocycles. The summed E-state index contributed by atoms with van der Waals surface area (Å²) in [6.07, 6.45) is 5.93. The van der Waals surface area contributed by atoms with Crippen molar-refractivity contribution in [2.45, 2.75) is 46.3 Å². The summed E-state index contributed by atoms with van der Waals surface area (Å²) in [6, 6.07) is 7.11. The molecule has 23 heavy (non-hydrogen) atoms. The number of rotatable bonds is 6. The van der Waals surface area contributed by atoms with Crippen LogP contribution in [0, 0.1) is 0 Å². The van der Waals surface area contributed by atoms with E-state index < -0.39 is 0 Å². The summed E-state index contributed by atoms with van der Waals surface area (Å²) >= 11 is 0. The van der Waals surface area contributed by atoms with Crippen molar-refractivity contribution in [1.82, 2.24) is 9.97 Å². The van der Waals surface area contributed by atoms with Crippen LogP contribution in [0.2, 0.25) is 0 Å². The third kappa shape index (κ3) is 4.28. The van der Waals surface area contributed by atoms with Crippen molar-refractivity contribution in [2.24, 2.45) is 0 Å². The lowest BCUT2D eigenvalue weighted by molar-refractivity contribution is 0.0979. The number of hydrogen-bond acceptors (Lipinski definition) is 4. The summed E-state index contributed by atoms with van der Waals surface area (Å²) in [4.78, 5) is 22.9. The van der Waals surface area contributed by atoms with Crippen LogP contribution in [-0.2, 0) is 0 Å². The highest BCUT2D eigenvalue weighted by Crippen LogP contribution is 2.20. The Balaban J connectivity index is 2.29. The molecule has 0 aliphatic carbocycles. The van der Waals surface area contributed by atoms with Crippen molar-refractivity contribution in [2.75, 3.05) is 4.90 Å². The van der Waals surface area contributed by atoms with Gasteiger partial charge in [0.15, 0.2) is 0 Å². The molecule has 0 aliphatic heterocycles. The van der Waals surface area contributed by atoms with E-state index in [0.29, 0.717) is 11.4 Å². The topological polar surface area (TPSA) is 55.3 Å². The van der Waals surface area contributed by atoms with Crippen LogP contribution in [0.3, 0.4) is 0 Å². The molecule has 0 saturated carbocycles. The van der Waals surface area contributed by atoms with E-state index in [0.717, 1.165) is 12.1 Å². The van der Waals surface area contributed by atoms with Crippen molar-refractivity contribution >= 4 is 11.6 Å². The lowest BCUT2D eigenvalue weighted by Crippen LogP contribution is -2.37. The molecular formula is C18H23N3O2. The van der Waals surface area contributed by atoms with Crippen LogP contribution < -0.4 is 9.64 Å². The van der Waals surface area contributed by atoms with E-state index in [1.54, 1.807) is 35.6 Å². The second-order valence-corrected chi connectivity index (χ2v) is 5.70. The maximum Gasteiger partial charge on any atom is 0.258 e. The van der Waals surface area contributed by atoms with Crippen LogP contribution in [-0.4, -0.2) is 28.0 Å². The Labute approximate surface area is 137 Å². The lowest BCUT2D eigenvalue weighted by atomic mass is 10.2. The molecule has 1 unspecified atom stereocenters. The summed E-state index contributed by atoms with van der Waals surface area (Å²) < 4.78 is 5.71. The summed E-state index contributed by atoms with van der Waals surface area (Å²) in [7, 11) is 0. The minimum Gasteiger partial charge on any atom is -0.475 e. The molecule has 0 N–H and O–H groups in total. The Hall–Kier alpha value is -2.43. The highest BCUT2D eigenvalue weighted by Gasteiger charge is 2.21. The smallest absolute Gasteiger partial charge is 0.258 e. The lowest BCUT2D eigenvalue weighted by Gasteiger charge is -2.26. The van der Waals surface area contributed by atoms with Crippen LogP contribution in [0.1, 0.15) is 44.5 Å². The van der Waals surface area contributed by atoms with Gasteiger partial charge in [-0.2, -0.15) is 0 Å². The van der Waals surface area contributed by atoms with Gasteiger partial charge in [0, 0.05) is 30.1 Å². The zero-order valence-corrected chi connectivity index (χ0v) is 14.1. The first-order valence-corrected chi connectivity index (χ1v) is 7.89. The van der Waals surface area contributed by atoms with E-state index in [-0.39, 0.29) is 18.1 Å². The Kier molecular flexibility index (Phi) is 5.68. The van der Waals surface area contributed by atoms with Crippen molar-refractivity contribution in [3.8, 4) is 5.88 Å². The summed E-state index contributed by atoms with van der Waals surface area (Å²) in [6.45, 7) is 7.97. The second kappa shape index (κ2) is 7.72. The number of ether oxygens (including phenoxy) is 1. The van der Waals surface area contributed by atoms with Crippen LogP contribution >= 0.6 is 0 Å². The quantitative estimate of drug-likeness (QED) is 0.816. The molecule has 0 bridgehead atoms. The molecule has 0 aliphatic rings. The Morgan fingerprint density at radius 2 is 2.04 bits per heavy atom. The molecule has 2 heterocycles. The zero-order valence-electron chi connectivity index (χ0n) is 14.1. The molecule has 0 aromatic carbocycles. The van der Waals surface area contributed by atoms with Gasteiger partial charge in [0.05, 0.1) is 18.0 Å². The summed E-state index contributed by atoms with van der Waals surface area (Å²) in [5.74, 6) is 0.379. The predicted octanol–water partition coefficient (Wildman–Crippen LogP) is 3.71. The zero-order chi connectivity index (χ0) is 16.8. The van der Waals surface area contributed by atoms with Crippen LogP contribution in [0.5, 0.6) is 5.88 Å². The van der Waals surface area contributed by atoms with Gasteiger partial charge < -0.3 is 9.64 Å². The van der Waals surface area contributed by atoms with Crippen LogP contribution in [0.25, 0.3) is 0 Å². The average Bonchev–Trinajstić information content (AvgIpc) is 2.55. The Morgan fingerprint density at radius 1 is 1.26 bits per heavy atom. The van der Waals surface area contributed by atoms with Crippen LogP contribution in [0.15, 0.2) is 42.9 Å². The fourth-order valence-electron chi connectivity index (χ4n) is 2.18. The van der Waals surface area contributed by atoms with Gasteiger partial charge in [0.2, 0.25) is 5.88 Å². The molecule has 0 spiro atoms. The van der Waals surface area contributed by atoms with Crippen LogP contribution in [0.4, 0.5) is 5.69 Å². The fraction of sp³-hybridized carbons (Fsp3) is 0.389. The van der Waals surface area contributed by atoms with Gasteiger partial charge in [0.1, 0.15) is 0 Å². The number of nitrogens with zero attached hydrogens (tertiary/aromatic N) is 3. The molecule has 0 fully saturated rings. The van der Waals surface area contributed by atoms with Gasteiger partial charge in [-0.15, -0.1) is 0 Å². The third-order valence-corrected chi connectivity index (χ3v) is 3.54. The summed E-state index contributed by atoms with van der Waals surface area (Å²) in [5, 5.41) is 0. The minimum absolute atomic E-state index is 0.0128. The van der Waals surface area contributed by atoms with Gasteiger partial charge in [-0.25, -0.2) is 4.98 Å². The van der Waals surface area contributed by atoms with Gasteiger partial charge in [-0.05, 0) is 45.4 Å². The maximum atomic E-state index is 12.9. The number of anilines is 1. The minimum atomic E-state index is -0.0931. The monoisotopic (exact) mass is 313 g/mol. The summed E-state index contributed by atoms with van der Waals surface area (Å²) in [5.41, 5.74) is 1.32. The molecule has 1 atom stereocenters. The highest BCUT2D eigenvalue weighted by atomic mass is 16.5. The first-order valence-electron chi connectivity index (χ1n) is 7.89. The Morgan fingerprint density at radius 3 is 2.65 bits per heavy atom. The van der Waals surface area contributed by atoms with Crippen molar-refractivity contribution in [3.05, 3.63) is 48.4 Å². The van der Waals surface area contributed by atoms with Gasteiger partial charge >= 0.3 is 0 Å². The number of amides is 1. The van der Waals surface area contributed by atoms with Gasteiger partial charge in [0.25, 0.3) is 5.91 Å². The number of aromatic nitrogens is 2. The highest BCUT2D eigenvalue weighted by molar-refractivity contribution is 6.06. The molecule has 0 radical (unpaired) electrons. The average molecular weight is 313 g/mol. The van der Waals surface area contributed by atoms with Crippen molar-refractivity contribution in [3.63, 3.8) is 0 Å². The third-order valence-electron chi connectivity index (χ3n) is 3.54. The van der Waals surface area contributed by atoms with Crippen molar-refractivity contribution in [1.29, 1.82) is 0 Å². The van der Waals surface area contributed by atoms with Gasteiger partial charge in [-0.3, -0.25) is 9.78 Å². The fourth-order valence-corrected chi connectivity index (χ4v) is 2.18. The van der Waals surface area contributed by atoms with E-state index in [9.17, 15) is 4.79 Å². The maximum absolute atomic E-state index is 12.9. The number of hydrogen-bond donors (Lipinski definition) is 0. The van der Waals surface area contributed by atoms with Gasteiger partial charge in [-0.1, -0.05) is 6.92 Å². The first-order chi connectivity index (χ1) is 11.0. The van der Waals surface area contributed by atoms with E-state index in [1.807, 2.05) is 39.8 Å². The number of carbonyl (C=O) groups excluding carboxylic acids is 1. The van der Waals surface area contributed by atoms with E-state index in [2.05, 4.69) is 9.97 Å². The largest absolute Gasteiger partial charge is 0.475 e. The second-order valence-electron chi connectivity index (χ2n) is 5.70. The normalized spacial score (nSPS) is 12.0. The van der Waals surface area contributed by atoms with E-state index >= 15 is 0 Å².